The fourth-order valence-electron chi connectivity index (χ4n) is 3.64. The number of hydrogen-bond acceptors (Lipinski definition) is 6. The molecule has 1 aliphatic heterocycles. The summed E-state index contributed by atoms with van der Waals surface area (Å²) in [7, 11) is 0. The summed E-state index contributed by atoms with van der Waals surface area (Å²) in [6.45, 7) is 2.80. The van der Waals surface area contributed by atoms with E-state index in [0.29, 0.717) is 22.6 Å². The van der Waals surface area contributed by atoms with E-state index < -0.39 is 0 Å². The standard InChI is InChI=1S/C22H21N6O/c1-14-7-9-24-13-15(14)20-12-16(23)22-19(25-20)6-5-17(26-22)18-8-10-28(27-18)21-4-2-3-11-29-21/h5-7,9-10,12-13,21H,2-4,11H2,1H3,(H2,23,25). The second kappa shape index (κ2) is 7.25. The van der Waals surface area contributed by atoms with Gasteiger partial charge < -0.3 is 10.5 Å². The van der Waals surface area contributed by atoms with Crippen LogP contribution in [0, 0.1) is 13.0 Å². The molecule has 5 rings (SSSR count). The molecular weight excluding hydrogens is 364 g/mol. The van der Waals surface area contributed by atoms with Crippen LogP contribution in [0.3, 0.4) is 0 Å². The van der Waals surface area contributed by atoms with E-state index in [9.17, 15) is 0 Å². The molecule has 7 heteroatoms. The minimum Gasteiger partial charge on any atom is -0.397 e. The Labute approximate surface area is 168 Å². The van der Waals surface area contributed by atoms with Gasteiger partial charge in [0, 0.05) is 36.8 Å². The number of nitrogen functional groups attached to an aromatic ring is 1. The van der Waals surface area contributed by atoms with Crippen LogP contribution in [0.5, 0.6) is 0 Å². The van der Waals surface area contributed by atoms with Crippen molar-refractivity contribution in [3.05, 3.63) is 54.5 Å². The lowest BCUT2D eigenvalue weighted by Crippen LogP contribution is -2.18. The van der Waals surface area contributed by atoms with Gasteiger partial charge >= 0.3 is 0 Å². The summed E-state index contributed by atoms with van der Waals surface area (Å²) >= 11 is 0. The van der Waals surface area contributed by atoms with Crippen molar-refractivity contribution in [3.63, 3.8) is 0 Å². The molecular formula is C22H21N6O. The molecule has 0 aromatic carbocycles. The third kappa shape index (κ3) is 3.34. The minimum atomic E-state index is -0.0220. The van der Waals surface area contributed by atoms with Gasteiger partial charge in [0.2, 0.25) is 0 Å². The second-order valence-corrected chi connectivity index (χ2v) is 7.27. The van der Waals surface area contributed by atoms with Crippen LogP contribution >= 0.6 is 0 Å². The smallest absolute Gasteiger partial charge is 0.150 e. The lowest BCUT2D eigenvalue weighted by Gasteiger charge is -2.22. The summed E-state index contributed by atoms with van der Waals surface area (Å²) in [5, 5.41) is 4.62. The quantitative estimate of drug-likeness (QED) is 0.574. The average Bonchev–Trinajstić information content (AvgIpc) is 3.25. The van der Waals surface area contributed by atoms with Gasteiger partial charge in [-0.2, -0.15) is 5.10 Å². The van der Waals surface area contributed by atoms with E-state index in [2.05, 4.69) is 16.1 Å². The molecule has 5 heterocycles. The molecule has 2 N–H and O–H groups in total. The predicted molar refractivity (Wildman–Crippen MR) is 111 cm³/mol. The minimum absolute atomic E-state index is 0.0220. The Morgan fingerprint density at radius 1 is 1.17 bits per heavy atom. The molecule has 1 atom stereocenters. The molecule has 29 heavy (non-hydrogen) atoms. The maximum atomic E-state index is 6.33. The largest absolute Gasteiger partial charge is 0.397 e. The first-order valence-corrected chi connectivity index (χ1v) is 9.76. The monoisotopic (exact) mass is 385 g/mol. The van der Waals surface area contributed by atoms with Gasteiger partial charge in [0.05, 0.1) is 22.6 Å². The van der Waals surface area contributed by atoms with E-state index in [1.54, 1.807) is 12.4 Å². The van der Waals surface area contributed by atoms with E-state index in [4.69, 9.17) is 20.4 Å². The lowest BCUT2D eigenvalue weighted by atomic mass is 10.1. The lowest BCUT2D eigenvalue weighted by molar-refractivity contribution is -0.0393. The maximum Gasteiger partial charge on any atom is 0.150 e. The van der Waals surface area contributed by atoms with E-state index in [1.165, 1.54) is 0 Å². The third-order valence-corrected chi connectivity index (χ3v) is 5.24. The van der Waals surface area contributed by atoms with E-state index in [-0.39, 0.29) is 6.23 Å². The highest BCUT2D eigenvalue weighted by Gasteiger charge is 2.18. The van der Waals surface area contributed by atoms with Crippen LogP contribution in [0.4, 0.5) is 5.69 Å². The molecule has 1 unspecified atom stereocenters. The zero-order valence-electron chi connectivity index (χ0n) is 16.2. The molecule has 0 amide bonds. The van der Waals surface area contributed by atoms with Crippen molar-refractivity contribution < 1.29 is 4.74 Å². The summed E-state index contributed by atoms with van der Waals surface area (Å²) in [4.78, 5) is 13.7. The summed E-state index contributed by atoms with van der Waals surface area (Å²) in [5.74, 6) is 0. The summed E-state index contributed by atoms with van der Waals surface area (Å²) in [6, 6.07) is 10.8. The van der Waals surface area contributed by atoms with Gasteiger partial charge in [-0.3, -0.25) is 4.98 Å². The van der Waals surface area contributed by atoms with Crippen LogP contribution in [-0.4, -0.2) is 31.3 Å². The van der Waals surface area contributed by atoms with Gasteiger partial charge in [0.15, 0.2) is 0 Å². The number of ether oxygens (including phenoxy) is 1. The van der Waals surface area contributed by atoms with Crippen LogP contribution in [0.2, 0.25) is 0 Å². The highest BCUT2D eigenvalue weighted by Crippen LogP contribution is 2.29. The Hall–Kier alpha value is -3.32. The Morgan fingerprint density at radius 2 is 2.10 bits per heavy atom. The van der Waals surface area contributed by atoms with Crippen LogP contribution < -0.4 is 5.73 Å². The Bertz CT molecular complexity index is 1180. The molecule has 0 spiro atoms. The fourth-order valence-corrected chi connectivity index (χ4v) is 3.64. The Morgan fingerprint density at radius 3 is 2.93 bits per heavy atom. The molecule has 145 valence electrons. The fraction of sp³-hybridized carbons (Fsp3) is 0.273. The molecule has 1 fully saturated rings. The maximum absolute atomic E-state index is 6.33. The molecule has 0 saturated carbocycles. The third-order valence-electron chi connectivity index (χ3n) is 5.24. The molecule has 1 radical (unpaired) electrons. The van der Waals surface area contributed by atoms with Crippen molar-refractivity contribution in [2.24, 2.45) is 0 Å². The van der Waals surface area contributed by atoms with E-state index >= 15 is 0 Å². The number of aryl methyl sites for hydroxylation is 1. The van der Waals surface area contributed by atoms with Crippen LogP contribution in [0.25, 0.3) is 33.7 Å². The average molecular weight is 385 g/mol. The van der Waals surface area contributed by atoms with Crippen LogP contribution in [0.1, 0.15) is 31.1 Å². The number of fused-ring (bicyclic) bond motifs is 1. The highest BCUT2D eigenvalue weighted by molar-refractivity contribution is 5.90. The molecule has 7 nitrogen and oxygen atoms in total. The van der Waals surface area contributed by atoms with E-state index in [0.717, 1.165) is 48.2 Å². The topological polar surface area (TPSA) is 91.7 Å². The predicted octanol–water partition coefficient (Wildman–Crippen LogP) is 3.95. The second-order valence-electron chi connectivity index (χ2n) is 7.27. The number of nitrogens with zero attached hydrogens (tertiary/aromatic N) is 5. The number of rotatable bonds is 3. The Kier molecular flexibility index (Phi) is 4.44. The first-order valence-electron chi connectivity index (χ1n) is 9.76. The van der Waals surface area contributed by atoms with Gasteiger partial charge in [-0.05, 0) is 56.0 Å². The number of hydrogen-bond donors (Lipinski definition) is 1. The summed E-state index contributed by atoms with van der Waals surface area (Å²) < 4.78 is 7.62. The molecule has 1 saturated heterocycles. The van der Waals surface area contributed by atoms with Crippen LogP contribution in [-0.2, 0) is 4.74 Å². The number of aromatic nitrogens is 5. The first kappa shape index (κ1) is 17.8. The van der Waals surface area contributed by atoms with Crippen molar-refractivity contribution in [1.82, 2.24) is 24.7 Å². The zero-order valence-corrected chi connectivity index (χ0v) is 16.2. The molecule has 4 aromatic heterocycles. The molecule has 0 aliphatic carbocycles. The van der Waals surface area contributed by atoms with Crippen molar-refractivity contribution in [1.29, 1.82) is 0 Å². The van der Waals surface area contributed by atoms with Crippen LogP contribution in [0.15, 0.2) is 42.9 Å². The zero-order chi connectivity index (χ0) is 19.8. The number of pyridine rings is 3. The SMILES string of the molecule is Cc1ccncc1-c1cc(N)c2nc(-c3[c]cn(C4CCCCO4)n3)ccc2n1. The summed E-state index contributed by atoms with van der Waals surface area (Å²) in [6.07, 6.45) is 8.60. The normalized spacial score (nSPS) is 16.9. The van der Waals surface area contributed by atoms with Crippen molar-refractivity contribution in [2.75, 3.05) is 12.3 Å². The van der Waals surface area contributed by atoms with Gasteiger partial charge in [0.1, 0.15) is 17.4 Å². The van der Waals surface area contributed by atoms with Crippen molar-refractivity contribution >= 4 is 16.7 Å². The van der Waals surface area contributed by atoms with Gasteiger partial charge in [-0.1, -0.05) is 0 Å². The number of anilines is 1. The van der Waals surface area contributed by atoms with Crippen molar-refractivity contribution in [3.8, 4) is 22.6 Å². The molecule has 1 aliphatic rings. The number of nitrogens with two attached hydrogens (primary N) is 1. The van der Waals surface area contributed by atoms with Crippen molar-refractivity contribution in [2.45, 2.75) is 32.4 Å². The van der Waals surface area contributed by atoms with Gasteiger partial charge in [-0.25, -0.2) is 14.6 Å². The Balaban J connectivity index is 1.51. The molecule has 0 bridgehead atoms. The van der Waals surface area contributed by atoms with Gasteiger partial charge in [-0.15, -0.1) is 0 Å². The molecule has 4 aromatic rings. The highest BCUT2D eigenvalue weighted by atomic mass is 16.5. The summed E-state index contributed by atoms with van der Waals surface area (Å²) in [5.41, 5.74) is 12.5. The van der Waals surface area contributed by atoms with E-state index in [1.807, 2.05) is 42.1 Å². The van der Waals surface area contributed by atoms with Gasteiger partial charge in [0.25, 0.3) is 0 Å². The first-order chi connectivity index (χ1) is 14.2.